The van der Waals surface area contributed by atoms with Gasteiger partial charge < -0.3 is 14.2 Å². The van der Waals surface area contributed by atoms with Crippen LogP contribution in [-0.2, 0) is 6.42 Å². The van der Waals surface area contributed by atoms with Crippen molar-refractivity contribution in [2.45, 2.75) is 13.3 Å². The molecule has 0 unspecified atom stereocenters. The van der Waals surface area contributed by atoms with E-state index in [-0.39, 0.29) is 0 Å². The predicted octanol–water partition coefficient (Wildman–Crippen LogP) is 2.49. The highest BCUT2D eigenvalue weighted by molar-refractivity contribution is 6.17. The Morgan fingerprint density at radius 3 is 2.62 bits per heavy atom. The molecule has 0 radical (unpaired) electrons. The molecule has 0 atom stereocenters. The molecule has 0 aliphatic carbocycles. The van der Waals surface area contributed by atoms with Gasteiger partial charge in [0.05, 0.1) is 0 Å². The first-order valence-corrected chi connectivity index (χ1v) is 7.74. The van der Waals surface area contributed by atoms with E-state index in [9.17, 15) is 0 Å². The van der Waals surface area contributed by atoms with Crippen LogP contribution < -0.4 is 9.80 Å². The number of piperazine rings is 1. The third-order valence-corrected chi connectivity index (χ3v) is 3.87. The molecule has 21 heavy (non-hydrogen) atoms. The molecule has 0 bridgehead atoms. The fraction of sp³-hybridized carbons (Fsp3) is 0.467. The minimum absolute atomic E-state index is 0.503. The Labute approximate surface area is 129 Å². The summed E-state index contributed by atoms with van der Waals surface area (Å²) in [6.07, 6.45) is 0.623. The van der Waals surface area contributed by atoms with E-state index in [1.807, 2.05) is 0 Å². The maximum atomic E-state index is 5.68. The molecule has 1 saturated heterocycles. The van der Waals surface area contributed by atoms with Crippen molar-refractivity contribution >= 4 is 23.3 Å². The SMILES string of the molecule is Cc1cccc(N2CCN(c3nnc(CCCl)o3)CC2)c1. The summed E-state index contributed by atoms with van der Waals surface area (Å²) in [5.74, 6) is 1.11. The van der Waals surface area contributed by atoms with Gasteiger partial charge in [0.1, 0.15) is 0 Å². The zero-order valence-electron chi connectivity index (χ0n) is 12.1. The number of nitrogens with zero attached hydrogens (tertiary/aromatic N) is 4. The number of benzene rings is 1. The first kappa shape index (κ1) is 14.2. The third-order valence-electron chi connectivity index (χ3n) is 3.68. The summed E-state index contributed by atoms with van der Waals surface area (Å²) < 4.78 is 5.62. The summed E-state index contributed by atoms with van der Waals surface area (Å²) in [6.45, 7) is 5.80. The highest BCUT2D eigenvalue weighted by Crippen LogP contribution is 2.20. The number of hydrogen-bond donors (Lipinski definition) is 0. The molecular weight excluding hydrogens is 288 g/mol. The molecule has 3 rings (SSSR count). The van der Waals surface area contributed by atoms with Gasteiger partial charge in [-0.25, -0.2) is 0 Å². The van der Waals surface area contributed by atoms with Crippen LogP contribution in [0.4, 0.5) is 11.7 Å². The second-order valence-electron chi connectivity index (χ2n) is 5.23. The number of alkyl halides is 1. The lowest BCUT2D eigenvalue weighted by molar-refractivity contribution is 0.479. The van der Waals surface area contributed by atoms with Gasteiger partial charge in [0.25, 0.3) is 0 Å². The molecule has 0 saturated carbocycles. The Morgan fingerprint density at radius 2 is 1.90 bits per heavy atom. The zero-order chi connectivity index (χ0) is 14.7. The van der Waals surface area contributed by atoms with E-state index in [1.165, 1.54) is 11.3 Å². The maximum absolute atomic E-state index is 5.68. The van der Waals surface area contributed by atoms with Crippen LogP contribution >= 0.6 is 11.6 Å². The summed E-state index contributed by atoms with van der Waals surface area (Å²) in [5, 5.41) is 8.12. The van der Waals surface area contributed by atoms with E-state index >= 15 is 0 Å². The van der Waals surface area contributed by atoms with Gasteiger partial charge in [-0.2, -0.15) is 0 Å². The average Bonchev–Trinajstić information content (AvgIpc) is 2.97. The maximum Gasteiger partial charge on any atom is 0.318 e. The number of anilines is 2. The molecule has 1 aliphatic heterocycles. The van der Waals surface area contributed by atoms with Crippen molar-refractivity contribution in [3.05, 3.63) is 35.7 Å². The van der Waals surface area contributed by atoms with Crippen LogP contribution in [0.1, 0.15) is 11.5 Å². The lowest BCUT2D eigenvalue weighted by Crippen LogP contribution is -2.46. The van der Waals surface area contributed by atoms with E-state index in [4.69, 9.17) is 16.0 Å². The molecule has 1 fully saturated rings. The number of hydrogen-bond acceptors (Lipinski definition) is 5. The Hall–Kier alpha value is -1.75. The molecule has 0 amide bonds. The van der Waals surface area contributed by atoms with Crippen molar-refractivity contribution in [1.82, 2.24) is 10.2 Å². The molecule has 5 nitrogen and oxygen atoms in total. The fourth-order valence-electron chi connectivity index (χ4n) is 2.54. The minimum atomic E-state index is 0.503. The Bertz CT molecular complexity index is 593. The molecule has 1 aliphatic rings. The molecule has 1 aromatic heterocycles. The van der Waals surface area contributed by atoms with Crippen LogP contribution in [0.25, 0.3) is 0 Å². The van der Waals surface area contributed by atoms with Crippen LogP contribution in [0, 0.1) is 6.92 Å². The van der Waals surface area contributed by atoms with Crippen molar-refractivity contribution in [2.24, 2.45) is 0 Å². The first-order chi connectivity index (χ1) is 10.3. The van der Waals surface area contributed by atoms with Gasteiger partial charge in [-0.3, -0.25) is 0 Å². The van der Waals surface area contributed by atoms with E-state index in [0.717, 1.165) is 26.2 Å². The van der Waals surface area contributed by atoms with E-state index < -0.39 is 0 Å². The van der Waals surface area contributed by atoms with Crippen molar-refractivity contribution in [1.29, 1.82) is 0 Å². The molecule has 2 aromatic rings. The van der Waals surface area contributed by atoms with Crippen molar-refractivity contribution in [3.8, 4) is 0 Å². The lowest BCUT2D eigenvalue weighted by Gasteiger charge is -2.35. The van der Waals surface area contributed by atoms with Crippen molar-refractivity contribution < 1.29 is 4.42 Å². The third kappa shape index (κ3) is 3.29. The van der Waals surface area contributed by atoms with Gasteiger partial charge in [-0.1, -0.05) is 17.2 Å². The summed E-state index contributed by atoms with van der Waals surface area (Å²) >= 11 is 5.68. The second-order valence-corrected chi connectivity index (χ2v) is 5.61. The monoisotopic (exact) mass is 306 g/mol. The van der Waals surface area contributed by atoms with Gasteiger partial charge in [0.15, 0.2) is 0 Å². The van der Waals surface area contributed by atoms with E-state index in [1.54, 1.807) is 0 Å². The zero-order valence-corrected chi connectivity index (χ0v) is 12.9. The minimum Gasteiger partial charge on any atom is -0.408 e. The van der Waals surface area contributed by atoms with Crippen LogP contribution in [0.15, 0.2) is 28.7 Å². The largest absolute Gasteiger partial charge is 0.408 e. The summed E-state index contributed by atoms with van der Waals surface area (Å²) in [7, 11) is 0. The summed E-state index contributed by atoms with van der Waals surface area (Å²) in [4.78, 5) is 4.52. The Balaban J connectivity index is 1.61. The Kier molecular flexibility index (Phi) is 4.29. The van der Waals surface area contributed by atoms with Crippen LogP contribution in [0.2, 0.25) is 0 Å². The van der Waals surface area contributed by atoms with Crippen LogP contribution in [-0.4, -0.2) is 42.3 Å². The number of aromatic nitrogens is 2. The number of aryl methyl sites for hydroxylation is 2. The molecule has 2 heterocycles. The van der Waals surface area contributed by atoms with Crippen molar-refractivity contribution in [3.63, 3.8) is 0 Å². The molecular formula is C15H19ClN4O. The first-order valence-electron chi connectivity index (χ1n) is 7.21. The van der Waals surface area contributed by atoms with E-state index in [2.05, 4.69) is 51.2 Å². The summed E-state index contributed by atoms with van der Waals surface area (Å²) in [5.41, 5.74) is 2.57. The molecule has 1 aromatic carbocycles. The van der Waals surface area contributed by atoms with Gasteiger partial charge in [-0.05, 0) is 24.6 Å². The second kappa shape index (κ2) is 6.35. The molecule has 112 valence electrons. The van der Waals surface area contributed by atoms with Gasteiger partial charge in [0.2, 0.25) is 5.89 Å². The molecule has 0 spiro atoms. The normalized spacial score (nSPS) is 15.5. The lowest BCUT2D eigenvalue weighted by atomic mass is 10.2. The van der Waals surface area contributed by atoms with Gasteiger partial charge in [-0.15, -0.1) is 16.7 Å². The topological polar surface area (TPSA) is 45.4 Å². The van der Waals surface area contributed by atoms with Crippen molar-refractivity contribution in [2.75, 3.05) is 41.9 Å². The number of rotatable bonds is 4. The highest BCUT2D eigenvalue weighted by Gasteiger charge is 2.21. The summed E-state index contributed by atoms with van der Waals surface area (Å²) in [6, 6.07) is 9.22. The Morgan fingerprint density at radius 1 is 1.14 bits per heavy atom. The highest BCUT2D eigenvalue weighted by atomic mass is 35.5. The predicted molar refractivity (Wildman–Crippen MR) is 84.3 cm³/mol. The number of halogens is 1. The average molecular weight is 307 g/mol. The van der Waals surface area contributed by atoms with Gasteiger partial charge in [0, 0.05) is 44.2 Å². The quantitative estimate of drug-likeness (QED) is 0.812. The smallest absolute Gasteiger partial charge is 0.318 e. The van der Waals surface area contributed by atoms with Gasteiger partial charge >= 0.3 is 6.01 Å². The standard InChI is InChI=1S/C15H19ClN4O/c1-12-3-2-4-13(11-12)19-7-9-20(10-8-19)15-18-17-14(21-15)5-6-16/h2-4,11H,5-10H2,1H3. The van der Waals surface area contributed by atoms with Crippen LogP contribution in [0.3, 0.4) is 0 Å². The van der Waals surface area contributed by atoms with E-state index in [0.29, 0.717) is 24.2 Å². The van der Waals surface area contributed by atoms with Crippen LogP contribution in [0.5, 0.6) is 0 Å². The fourth-order valence-corrected chi connectivity index (χ4v) is 2.70. The molecule has 6 heteroatoms. The molecule has 0 N–H and O–H groups in total.